The zero-order valence-corrected chi connectivity index (χ0v) is 11.1. The third-order valence-electron chi connectivity index (χ3n) is 3.85. The van der Waals surface area contributed by atoms with E-state index in [9.17, 15) is 0 Å². The molecule has 0 aromatic heterocycles. The van der Waals surface area contributed by atoms with Crippen LogP contribution in [0.4, 0.5) is 0 Å². The fraction of sp³-hybridized carbons (Fsp3) is 0.176. The van der Waals surface area contributed by atoms with Gasteiger partial charge in [0.05, 0.1) is 6.04 Å². The van der Waals surface area contributed by atoms with Crippen molar-refractivity contribution in [1.82, 2.24) is 0 Å². The molecule has 0 spiro atoms. The Bertz CT molecular complexity index is 718. The summed E-state index contributed by atoms with van der Waals surface area (Å²) in [6, 6.07) is 16.7. The molecule has 1 N–H and O–H groups in total. The van der Waals surface area contributed by atoms with Crippen LogP contribution in [0, 0.1) is 12.5 Å². The first-order valence-corrected chi connectivity index (χ1v) is 6.50. The number of rotatable bonds is 2. The third-order valence-corrected chi connectivity index (χ3v) is 3.85. The van der Waals surface area contributed by atoms with E-state index < -0.39 is 0 Å². The summed E-state index contributed by atoms with van der Waals surface area (Å²) < 4.78 is 0. The van der Waals surface area contributed by atoms with Crippen LogP contribution in [-0.4, -0.2) is 0 Å². The Balaban J connectivity index is 2.60. The SMILES string of the molecule is Cc1c2ccccc2c(C(C)N=N)c2ccccc12. The van der Waals surface area contributed by atoms with Crippen LogP contribution in [0.5, 0.6) is 0 Å². The van der Waals surface area contributed by atoms with Crippen molar-refractivity contribution in [3.05, 3.63) is 59.7 Å². The van der Waals surface area contributed by atoms with Crippen molar-refractivity contribution in [1.29, 1.82) is 5.53 Å². The Morgan fingerprint density at radius 3 is 1.68 bits per heavy atom. The van der Waals surface area contributed by atoms with E-state index in [0.29, 0.717) is 0 Å². The lowest BCUT2D eigenvalue weighted by Gasteiger charge is -2.16. The quantitative estimate of drug-likeness (QED) is 0.466. The van der Waals surface area contributed by atoms with Crippen molar-refractivity contribution < 1.29 is 0 Å². The highest BCUT2D eigenvalue weighted by molar-refractivity contribution is 6.05. The molecule has 1 unspecified atom stereocenters. The average Bonchev–Trinajstić information content (AvgIpc) is 2.47. The van der Waals surface area contributed by atoms with E-state index in [0.717, 1.165) is 5.56 Å². The number of nitrogens with one attached hydrogen (secondary N) is 1. The van der Waals surface area contributed by atoms with Crippen LogP contribution in [0.1, 0.15) is 24.1 Å². The zero-order chi connectivity index (χ0) is 13.4. The molecule has 0 saturated heterocycles. The van der Waals surface area contributed by atoms with Gasteiger partial charge in [0, 0.05) is 0 Å². The molecular formula is C17H16N2. The van der Waals surface area contributed by atoms with Crippen LogP contribution in [0.2, 0.25) is 0 Å². The lowest BCUT2D eigenvalue weighted by atomic mass is 9.90. The molecule has 3 aromatic rings. The first-order chi connectivity index (χ1) is 9.24. The molecule has 0 aliphatic heterocycles. The maximum atomic E-state index is 7.38. The Labute approximate surface area is 112 Å². The fourth-order valence-corrected chi connectivity index (χ4v) is 2.89. The lowest BCUT2D eigenvalue weighted by molar-refractivity contribution is 0.745. The fourth-order valence-electron chi connectivity index (χ4n) is 2.89. The van der Waals surface area contributed by atoms with Crippen molar-refractivity contribution in [2.75, 3.05) is 0 Å². The number of fused-ring (bicyclic) bond motifs is 2. The molecular weight excluding hydrogens is 232 g/mol. The van der Waals surface area contributed by atoms with Gasteiger partial charge in [-0.3, -0.25) is 0 Å². The molecule has 94 valence electrons. The van der Waals surface area contributed by atoms with Gasteiger partial charge in [-0.05, 0) is 46.5 Å². The van der Waals surface area contributed by atoms with Crippen LogP contribution in [0.3, 0.4) is 0 Å². The largest absolute Gasteiger partial charge is 0.209 e. The maximum absolute atomic E-state index is 7.38. The predicted molar refractivity (Wildman–Crippen MR) is 79.8 cm³/mol. The molecule has 2 nitrogen and oxygen atoms in total. The van der Waals surface area contributed by atoms with E-state index in [1.54, 1.807) is 0 Å². The molecule has 0 aliphatic rings. The summed E-state index contributed by atoms with van der Waals surface area (Å²) in [6.45, 7) is 4.15. The lowest BCUT2D eigenvalue weighted by Crippen LogP contribution is -1.95. The van der Waals surface area contributed by atoms with E-state index in [1.165, 1.54) is 27.1 Å². The monoisotopic (exact) mass is 248 g/mol. The predicted octanol–water partition coefficient (Wildman–Crippen LogP) is 5.39. The highest BCUT2D eigenvalue weighted by Gasteiger charge is 2.15. The van der Waals surface area contributed by atoms with Gasteiger partial charge < -0.3 is 0 Å². The topological polar surface area (TPSA) is 36.2 Å². The van der Waals surface area contributed by atoms with E-state index >= 15 is 0 Å². The Kier molecular flexibility index (Phi) is 2.79. The molecule has 0 fully saturated rings. The van der Waals surface area contributed by atoms with Crippen LogP contribution >= 0.6 is 0 Å². The van der Waals surface area contributed by atoms with Gasteiger partial charge in [0.25, 0.3) is 0 Å². The van der Waals surface area contributed by atoms with Gasteiger partial charge >= 0.3 is 0 Å². The van der Waals surface area contributed by atoms with Gasteiger partial charge in [-0.25, -0.2) is 5.53 Å². The van der Waals surface area contributed by atoms with Gasteiger partial charge in [0.1, 0.15) is 0 Å². The smallest absolute Gasteiger partial charge is 0.0939 e. The number of hydrogen-bond acceptors (Lipinski definition) is 2. The summed E-state index contributed by atoms with van der Waals surface area (Å²) in [5.41, 5.74) is 9.83. The van der Waals surface area contributed by atoms with Crippen LogP contribution in [-0.2, 0) is 0 Å². The van der Waals surface area contributed by atoms with Gasteiger partial charge in [0.15, 0.2) is 0 Å². The van der Waals surface area contributed by atoms with E-state index in [1.807, 2.05) is 6.92 Å². The van der Waals surface area contributed by atoms with Crippen LogP contribution in [0.25, 0.3) is 21.5 Å². The van der Waals surface area contributed by atoms with Crippen molar-refractivity contribution in [2.45, 2.75) is 19.9 Å². The molecule has 1 atom stereocenters. The molecule has 3 aromatic carbocycles. The van der Waals surface area contributed by atoms with Gasteiger partial charge in [-0.1, -0.05) is 48.5 Å². The molecule has 0 heterocycles. The third kappa shape index (κ3) is 1.72. The molecule has 0 aliphatic carbocycles. The second-order valence-corrected chi connectivity index (χ2v) is 4.93. The summed E-state index contributed by atoms with van der Waals surface area (Å²) in [5.74, 6) is 0. The minimum Gasteiger partial charge on any atom is -0.209 e. The second-order valence-electron chi connectivity index (χ2n) is 4.93. The van der Waals surface area contributed by atoms with Gasteiger partial charge in [-0.15, -0.1) is 0 Å². The Morgan fingerprint density at radius 2 is 1.26 bits per heavy atom. The van der Waals surface area contributed by atoms with E-state index in [4.69, 9.17) is 5.53 Å². The first-order valence-electron chi connectivity index (χ1n) is 6.50. The normalized spacial score (nSPS) is 12.7. The molecule has 19 heavy (non-hydrogen) atoms. The molecule has 0 radical (unpaired) electrons. The zero-order valence-electron chi connectivity index (χ0n) is 11.1. The van der Waals surface area contributed by atoms with Crippen LogP contribution < -0.4 is 0 Å². The van der Waals surface area contributed by atoms with Crippen molar-refractivity contribution in [3.8, 4) is 0 Å². The van der Waals surface area contributed by atoms with E-state index in [-0.39, 0.29) is 6.04 Å². The molecule has 0 bridgehead atoms. The molecule has 0 amide bonds. The van der Waals surface area contributed by atoms with Crippen molar-refractivity contribution in [3.63, 3.8) is 0 Å². The number of hydrogen-bond donors (Lipinski definition) is 1. The number of nitrogens with zero attached hydrogens (tertiary/aromatic N) is 1. The average molecular weight is 248 g/mol. The van der Waals surface area contributed by atoms with E-state index in [2.05, 4.69) is 60.6 Å². The minimum absolute atomic E-state index is 0.115. The standard InChI is InChI=1S/C17H16N2/c1-11-13-7-3-5-9-15(13)17(12(2)19-18)16-10-6-4-8-14(11)16/h3-10,12,18H,1-2H3. The Hall–Kier alpha value is -2.22. The molecule has 0 saturated carbocycles. The highest BCUT2D eigenvalue weighted by atomic mass is 15.0. The summed E-state index contributed by atoms with van der Waals surface area (Å²) in [5, 5.41) is 8.67. The maximum Gasteiger partial charge on any atom is 0.0939 e. The first kappa shape index (κ1) is 11.8. The van der Waals surface area contributed by atoms with Crippen molar-refractivity contribution in [2.24, 2.45) is 5.11 Å². The van der Waals surface area contributed by atoms with Crippen LogP contribution in [0.15, 0.2) is 53.6 Å². The summed E-state index contributed by atoms with van der Waals surface area (Å²) in [4.78, 5) is 0. The number of aryl methyl sites for hydroxylation is 1. The molecule has 3 rings (SSSR count). The van der Waals surface area contributed by atoms with Crippen molar-refractivity contribution >= 4 is 21.5 Å². The highest BCUT2D eigenvalue weighted by Crippen LogP contribution is 2.36. The summed E-state index contributed by atoms with van der Waals surface area (Å²) >= 11 is 0. The summed E-state index contributed by atoms with van der Waals surface area (Å²) in [6.07, 6.45) is 0. The Morgan fingerprint density at radius 1 is 0.842 bits per heavy atom. The van der Waals surface area contributed by atoms with Gasteiger partial charge in [0.2, 0.25) is 0 Å². The minimum atomic E-state index is -0.115. The molecule has 2 heteroatoms. The summed E-state index contributed by atoms with van der Waals surface area (Å²) in [7, 11) is 0. The van der Waals surface area contributed by atoms with Gasteiger partial charge in [-0.2, -0.15) is 5.11 Å². The second kappa shape index (κ2) is 4.47. The number of benzene rings is 3.